The van der Waals surface area contributed by atoms with Gasteiger partial charge in [-0.3, -0.25) is 4.79 Å². The Labute approximate surface area is 208 Å². The van der Waals surface area contributed by atoms with E-state index in [9.17, 15) is 36.3 Å². The second kappa shape index (κ2) is 9.85. The molecule has 0 radical (unpaired) electrons. The highest BCUT2D eigenvalue weighted by atomic mass is 32.1. The number of nitrogens with zero attached hydrogens (tertiary/aromatic N) is 5. The average molecular weight is 544 g/mol. The summed E-state index contributed by atoms with van der Waals surface area (Å²) in [6.45, 7) is 0.570. The number of amides is 1. The van der Waals surface area contributed by atoms with Gasteiger partial charge in [0.1, 0.15) is 5.00 Å². The second-order valence-corrected chi connectivity index (χ2v) is 8.83. The van der Waals surface area contributed by atoms with Crippen molar-refractivity contribution < 1.29 is 36.4 Å². The number of tetrazole rings is 1. The lowest BCUT2D eigenvalue weighted by Crippen LogP contribution is -2.41. The van der Waals surface area contributed by atoms with E-state index < -0.39 is 48.5 Å². The first-order valence-corrected chi connectivity index (χ1v) is 11.4. The van der Waals surface area contributed by atoms with E-state index in [2.05, 4.69) is 15.3 Å². The molecule has 1 aromatic carbocycles. The molecule has 0 atom stereocenters. The van der Waals surface area contributed by atoms with E-state index in [4.69, 9.17) is 5.73 Å². The number of rotatable bonds is 6. The van der Waals surface area contributed by atoms with Crippen LogP contribution in [0.15, 0.2) is 40.0 Å². The summed E-state index contributed by atoms with van der Waals surface area (Å²) in [4.78, 5) is 40.5. The summed E-state index contributed by atoms with van der Waals surface area (Å²) in [7, 11) is 0. The number of benzene rings is 1. The average Bonchev–Trinajstić information content (AvgIpc) is 3.45. The van der Waals surface area contributed by atoms with Gasteiger partial charge >= 0.3 is 17.8 Å². The van der Waals surface area contributed by atoms with Gasteiger partial charge in [0, 0.05) is 23.9 Å². The van der Waals surface area contributed by atoms with E-state index in [1.165, 1.54) is 0 Å². The number of aryl methyl sites for hydroxylation is 2. The number of hydroxylamine groups is 1. The van der Waals surface area contributed by atoms with E-state index >= 15 is 0 Å². The topological polar surface area (TPSA) is 125 Å². The number of halogens is 5. The second-order valence-electron chi connectivity index (χ2n) is 7.94. The largest absolute Gasteiger partial charge is 0.493 e. The fourth-order valence-corrected chi connectivity index (χ4v) is 4.54. The number of anilines is 1. The number of carbonyl (C=O) groups is 2. The van der Waals surface area contributed by atoms with Crippen molar-refractivity contribution in [3.8, 4) is 16.1 Å². The Hall–Kier alpha value is -3.92. The number of alkyl halides is 3. The van der Waals surface area contributed by atoms with E-state index in [0.29, 0.717) is 32.3 Å². The summed E-state index contributed by atoms with van der Waals surface area (Å²) >= 11 is 1.11. The number of hydrogen-bond donors (Lipinski definition) is 1. The molecule has 2 N–H and O–H groups in total. The van der Waals surface area contributed by atoms with Gasteiger partial charge in [-0.05, 0) is 64.2 Å². The molecule has 3 aromatic rings. The summed E-state index contributed by atoms with van der Waals surface area (Å²) in [5.41, 5.74) is 6.19. The van der Waals surface area contributed by atoms with Crippen LogP contribution in [0.4, 0.5) is 27.6 Å². The van der Waals surface area contributed by atoms with Gasteiger partial charge in [0.2, 0.25) is 0 Å². The van der Waals surface area contributed by atoms with Crippen LogP contribution in [0.25, 0.3) is 16.1 Å². The Kier molecular flexibility index (Phi) is 6.96. The summed E-state index contributed by atoms with van der Waals surface area (Å²) in [6.07, 6.45) is -7.25. The lowest BCUT2D eigenvalue weighted by molar-refractivity contribution is -0.201. The number of hydrogen-bond acceptors (Lipinski definition) is 8. The third kappa shape index (κ3) is 5.15. The summed E-state index contributed by atoms with van der Waals surface area (Å²) in [6, 6.07) is 4.81. The maximum Gasteiger partial charge on any atom is 0.493 e. The predicted molar refractivity (Wildman–Crippen MR) is 120 cm³/mol. The Morgan fingerprint density at radius 3 is 2.51 bits per heavy atom. The lowest BCUT2D eigenvalue weighted by Gasteiger charge is -2.29. The molecule has 37 heavy (non-hydrogen) atoms. The lowest BCUT2D eigenvalue weighted by atomic mass is 9.94. The fourth-order valence-electron chi connectivity index (χ4n) is 3.68. The van der Waals surface area contributed by atoms with Crippen LogP contribution in [0.5, 0.6) is 0 Å². The van der Waals surface area contributed by atoms with Crippen molar-refractivity contribution in [3.05, 3.63) is 56.8 Å². The van der Waals surface area contributed by atoms with Gasteiger partial charge in [0.05, 0.1) is 12.2 Å². The molecule has 0 bridgehead atoms. The van der Waals surface area contributed by atoms with Crippen LogP contribution in [0, 0.1) is 6.92 Å². The maximum absolute atomic E-state index is 12.9. The monoisotopic (exact) mass is 544 g/mol. The molecule has 0 saturated carbocycles. The molecule has 16 heteroatoms. The van der Waals surface area contributed by atoms with E-state index in [1.54, 1.807) is 30.5 Å². The summed E-state index contributed by atoms with van der Waals surface area (Å²) < 4.78 is 65.5. The molecule has 2 aromatic heterocycles. The quantitative estimate of drug-likeness (QED) is 0.473. The van der Waals surface area contributed by atoms with Crippen LogP contribution >= 0.6 is 11.3 Å². The molecule has 4 rings (SSSR count). The molecule has 1 amide bonds. The molecule has 0 saturated heterocycles. The van der Waals surface area contributed by atoms with Crippen molar-refractivity contribution >= 4 is 28.9 Å². The number of carbonyl (C=O) groups excluding carboxylic acids is 2. The molecule has 1 aliphatic heterocycles. The molecule has 0 unspecified atom stereocenters. The third-order valence-electron chi connectivity index (χ3n) is 5.44. The van der Waals surface area contributed by atoms with Gasteiger partial charge < -0.3 is 10.6 Å². The van der Waals surface area contributed by atoms with E-state index in [1.807, 2.05) is 0 Å². The van der Waals surface area contributed by atoms with Gasteiger partial charge in [0.25, 0.3) is 12.0 Å². The molecule has 196 valence electrons. The van der Waals surface area contributed by atoms with Gasteiger partial charge in [0.15, 0.2) is 0 Å². The molecule has 10 nitrogen and oxygen atoms in total. The highest BCUT2D eigenvalue weighted by molar-refractivity contribution is 7.13. The van der Waals surface area contributed by atoms with Gasteiger partial charge in [-0.2, -0.15) is 31.3 Å². The number of nitrogens with two attached hydrogens (primary N) is 1. The summed E-state index contributed by atoms with van der Waals surface area (Å²) in [5.74, 6) is -3.30. The molecule has 0 spiro atoms. The zero-order valence-electron chi connectivity index (χ0n) is 18.9. The first-order valence-electron chi connectivity index (χ1n) is 10.5. The minimum Gasteiger partial charge on any atom is -0.327 e. The van der Waals surface area contributed by atoms with Crippen molar-refractivity contribution in [2.24, 2.45) is 5.73 Å². The first kappa shape index (κ1) is 26.2. The standard InChI is InChI=1S/C21H17F5N6O4S/c1-10-4-12(5-11-2-3-15(33)32(17(10)11)36-19(34)21(24,25)26)13-6-16(37-9-13)31-20(35)30(28-29-31)8-14(7-27)18(22)23/h4-6,9H,2-3,7-8,27H2,1H3. The zero-order valence-corrected chi connectivity index (χ0v) is 19.7. The fraction of sp³-hybridized carbons (Fsp3) is 0.286. The van der Waals surface area contributed by atoms with Crippen molar-refractivity contribution in [1.82, 2.24) is 19.8 Å². The predicted octanol–water partition coefficient (Wildman–Crippen LogP) is 2.87. The van der Waals surface area contributed by atoms with Gasteiger partial charge in [-0.1, -0.05) is 0 Å². The molecule has 3 heterocycles. The Morgan fingerprint density at radius 1 is 1.14 bits per heavy atom. The van der Waals surface area contributed by atoms with Gasteiger partial charge in [-0.25, -0.2) is 9.59 Å². The van der Waals surface area contributed by atoms with Crippen LogP contribution < -0.4 is 16.5 Å². The number of aromatic nitrogens is 4. The Balaban J connectivity index is 1.64. The van der Waals surface area contributed by atoms with Crippen LogP contribution in [0.2, 0.25) is 0 Å². The third-order valence-corrected chi connectivity index (χ3v) is 6.35. The highest BCUT2D eigenvalue weighted by Crippen LogP contribution is 2.37. The highest BCUT2D eigenvalue weighted by Gasteiger charge is 2.44. The maximum atomic E-state index is 12.9. The molecular formula is C21H17F5N6O4S. The van der Waals surface area contributed by atoms with Crippen LogP contribution in [-0.2, 0) is 27.4 Å². The van der Waals surface area contributed by atoms with Crippen molar-refractivity contribution in [3.63, 3.8) is 0 Å². The molecular weight excluding hydrogens is 527 g/mol. The van der Waals surface area contributed by atoms with E-state index in [0.717, 1.165) is 20.7 Å². The number of fused-ring (bicyclic) bond motifs is 1. The SMILES string of the molecule is Cc1cc(-c2csc(-n3nnn(CC(CN)=C(F)F)c3=O)c2)cc2c1N(OC(=O)C(F)(F)F)C(=O)CC2. The molecule has 1 aliphatic rings. The van der Waals surface area contributed by atoms with Crippen LogP contribution in [0.3, 0.4) is 0 Å². The van der Waals surface area contributed by atoms with E-state index in [-0.39, 0.29) is 18.5 Å². The minimum absolute atomic E-state index is 0.0519. The van der Waals surface area contributed by atoms with Crippen molar-refractivity contribution in [2.45, 2.75) is 32.5 Å². The smallest absolute Gasteiger partial charge is 0.327 e. The molecule has 0 fully saturated rings. The van der Waals surface area contributed by atoms with Gasteiger partial charge in [-0.15, -0.1) is 16.4 Å². The zero-order chi connectivity index (χ0) is 27.1. The first-order chi connectivity index (χ1) is 17.4. The van der Waals surface area contributed by atoms with Crippen molar-refractivity contribution in [2.75, 3.05) is 11.6 Å². The molecule has 0 aliphatic carbocycles. The van der Waals surface area contributed by atoms with Crippen LogP contribution in [-0.4, -0.2) is 44.4 Å². The summed E-state index contributed by atoms with van der Waals surface area (Å²) in [5, 5.41) is 9.73. The normalized spacial score (nSPS) is 13.5. The van der Waals surface area contributed by atoms with Crippen LogP contribution in [0.1, 0.15) is 17.5 Å². The Morgan fingerprint density at radius 2 is 1.86 bits per heavy atom. The Bertz CT molecular complexity index is 1470. The minimum atomic E-state index is -5.28. The van der Waals surface area contributed by atoms with Crippen molar-refractivity contribution in [1.29, 1.82) is 0 Å². The number of thiophene rings is 1.